The molecule has 0 saturated heterocycles. The monoisotopic (exact) mass is 200 g/mol. The molecule has 0 unspecified atom stereocenters. The summed E-state index contributed by atoms with van der Waals surface area (Å²) in [4.78, 5) is 23.1. The lowest BCUT2D eigenvalue weighted by Gasteiger charge is -1.98. The molecule has 1 aromatic rings. The van der Waals surface area contributed by atoms with Gasteiger partial charge in [0.05, 0.1) is 10.5 Å². The minimum atomic E-state index is -1.30. The van der Waals surface area contributed by atoms with E-state index >= 15 is 0 Å². The number of halogens is 1. The zero-order valence-electron chi connectivity index (χ0n) is 6.77. The van der Waals surface area contributed by atoms with Crippen LogP contribution >= 0.6 is 0 Å². The number of rotatable bonds is 2. The van der Waals surface area contributed by atoms with Crippen LogP contribution in [-0.2, 0) is 4.94 Å². The van der Waals surface area contributed by atoms with Gasteiger partial charge in [-0.2, -0.15) is 0 Å². The summed E-state index contributed by atoms with van der Waals surface area (Å²) >= 11 is 0. The highest BCUT2D eigenvalue weighted by atomic mass is 19.3. The first-order valence-electron chi connectivity index (χ1n) is 3.43. The molecule has 1 rings (SSSR count). The van der Waals surface area contributed by atoms with Gasteiger partial charge in [-0.3, -0.25) is 10.1 Å². The lowest BCUT2D eigenvalue weighted by atomic mass is 10.2. The molecule has 0 atom stereocenters. The van der Waals surface area contributed by atoms with E-state index in [0.29, 0.717) is 0 Å². The van der Waals surface area contributed by atoms with E-state index in [9.17, 15) is 19.4 Å². The molecule has 0 amide bonds. The molecule has 0 aliphatic carbocycles. The molecular formula is C7H5FN2O4. The molecule has 0 saturated carbocycles. The van der Waals surface area contributed by atoms with Crippen molar-refractivity contribution in [1.29, 1.82) is 0 Å². The second-order valence-corrected chi connectivity index (χ2v) is 2.40. The van der Waals surface area contributed by atoms with E-state index in [1.165, 1.54) is 0 Å². The third-order valence-electron chi connectivity index (χ3n) is 1.53. The molecule has 0 spiro atoms. The van der Waals surface area contributed by atoms with Crippen molar-refractivity contribution >= 4 is 17.3 Å². The first-order valence-corrected chi connectivity index (χ1v) is 3.43. The van der Waals surface area contributed by atoms with Crippen molar-refractivity contribution in [3.05, 3.63) is 33.9 Å². The Bertz CT molecular complexity index is 393. The lowest BCUT2D eigenvalue weighted by Crippen LogP contribution is -2.02. The predicted octanol–water partition coefficient (Wildman–Crippen LogP) is 1.22. The Morgan fingerprint density at radius 3 is 2.71 bits per heavy atom. The zero-order valence-corrected chi connectivity index (χ0v) is 6.77. The van der Waals surface area contributed by atoms with Crippen molar-refractivity contribution in [1.82, 2.24) is 0 Å². The SMILES string of the molecule is Nc1ccc(C(=O)OF)cc1[N+](=O)[O-]. The second kappa shape index (κ2) is 3.69. The number of nitrogens with zero attached hydrogens (tertiary/aromatic N) is 1. The molecule has 7 heteroatoms. The fourth-order valence-electron chi connectivity index (χ4n) is 0.873. The topological polar surface area (TPSA) is 95.5 Å². The van der Waals surface area contributed by atoms with E-state index in [1.807, 2.05) is 0 Å². The number of hydrogen-bond acceptors (Lipinski definition) is 5. The Hall–Kier alpha value is -2.18. The maximum Gasteiger partial charge on any atom is 0.379 e. The smallest absolute Gasteiger partial charge is 0.379 e. The summed E-state index contributed by atoms with van der Waals surface area (Å²) in [6.45, 7) is 0. The molecule has 0 radical (unpaired) electrons. The number of carbonyl (C=O) groups excluding carboxylic acids is 1. The van der Waals surface area contributed by atoms with Crippen molar-refractivity contribution in [3.63, 3.8) is 0 Å². The molecule has 0 fully saturated rings. The van der Waals surface area contributed by atoms with Crippen LogP contribution in [0.25, 0.3) is 0 Å². The predicted molar refractivity (Wildman–Crippen MR) is 44.0 cm³/mol. The summed E-state index contributed by atoms with van der Waals surface area (Å²) in [5, 5.41) is 10.4. The van der Waals surface area contributed by atoms with E-state index in [2.05, 4.69) is 4.94 Å². The number of benzene rings is 1. The first kappa shape index (κ1) is 9.90. The zero-order chi connectivity index (χ0) is 10.7. The van der Waals surface area contributed by atoms with Crippen LogP contribution in [-0.4, -0.2) is 10.9 Å². The van der Waals surface area contributed by atoms with Crippen LogP contribution in [0.3, 0.4) is 0 Å². The fraction of sp³-hybridized carbons (Fsp3) is 0. The minimum absolute atomic E-state index is 0.106. The molecule has 14 heavy (non-hydrogen) atoms. The van der Waals surface area contributed by atoms with Crippen LogP contribution in [0, 0.1) is 10.1 Å². The van der Waals surface area contributed by atoms with E-state index < -0.39 is 16.6 Å². The number of nitro groups is 1. The molecule has 1 aromatic carbocycles. The van der Waals surface area contributed by atoms with Gasteiger partial charge in [-0.15, -0.1) is 0 Å². The average Bonchev–Trinajstić information content (AvgIpc) is 2.17. The normalized spacial score (nSPS) is 9.50. The van der Waals surface area contributed by atoms with Crippen LogP contribution in [0.15, 0.2) is 18.2 Å². The molecule has 2 N–H and O–H groups in total. The summed E-state index contributed by atoms with van der Waals surface area (Å²) in [5.74, 6) is -1.30. The standard InChI is InChI=1S/C7H5FN2O4/c8-14-7(11)4-1-2-5(9)6(3-4)10(12)13/h1-3H,9H2. The minimum Gasteiger partial charge on any atom is -0.393 e. The Kier molecular flexibility index (Phi) is 2.61. The number of nitrogen functional groups attached to an aromatic ring is 1. The lowest BCUT2D eigenvalue weighted by molar-refractivity contribution is -0.383. The maximum atomic E-state index is 11.5. The van der Waals surface area contributed by atoms with Gasteiger partial charge in [0.2, 0.25) is 0 Å². The Labute approximate surface area is 77.1 Å². The Morgan fingerprint density at radius 2 is 2.21 bits per heavy atom. The van der Waals surface area contributed by atoms with Crippen LogP contribution in [0.5, 0.6) is 0 Å². The van der Waals surface area contributed by atoms with Gasteiger partial charge in [-0.1, -0.05) is 0 Å². The average molecular weight is 200 g/mol. The van der Waals surface area contributed by atoms with E-state index in [4.69, 9.17) is 5.73 Å². The largest absolute Gasteiger partial charge is 0.393 e. The summed E-state index contributed by atoms with van der Waals surface area (Å²) < 4.78 is 11.5. The number of nitrogens with two attached hydrogens (primary N) is 1. The third kappa shape index (κ3) is 1.76. The Balaban J connectivity index is 3.19. The highest BCUT2D eigenvalue weighted by Crippen LogP contribution is 2.22. The molecule has 0 heterocycles. The highest BCUT2D eigenvalue weighted by Gasteiger charge is 2.16. The van der Waals surface area contributed by atoms with Gasteiger partial charge in [-0.25, -0.2) is 9.74 Å². The molecule has 0 aliphatic rings. The highest BCUT2D eigenvalue weighted by molar-refractivity contribution is 5.90. The van der Waals surface area contributed by atoms with Crippen molar-refractivity contribution in [2.75, 3.05) is 5.73 Å². The van der Waals surface area contributed by atoms with E-state index in [-0.39, 0.29) is 11.3 Å². The molecule has 6 nitrogen and oxygen atoms in total. The van der Waals surface area contributed by atoms with Crippen LogP contribution < -0.4 is 5.73 Å². The number of nitro benzene ring substituents is 1. The summed E-state index contributed by atoms with van der Waals surface area (Å²) in [6, 6.07) is 3.10. The summed E-state index contributed by atoms with van der Waals surface area (Å²) in [6.07, 6.45) is 0. The van der Waals surface area contributed by atoms with Crippen molar-refractivity contribution in [3.8, 4) is 0 Å². The van der Waals surface area contributed by atoms with Gasteiger partial charge in [-0.05, 0) is 12.1 Å². The van der Waals surface area contributed by atoms with E-state index in [1.54, 1.807) is 0 Å². The number of anilines is 1. The van der Waals surface area contributed by atoms with E-state index in [0.717, 1.165) is 18.2 Å². The molecule has 0 bridgehead atoms. The van der Waals surface area contributed by atoms with Crippen LogP contribution in [0.1, 0.15) is 10.4 Å². The van der Waals surface area contributed by atoms with Gasteiger partial charge < -0.3 is 5.73 Å². The van der Waals surface area contributed by atoms with Crippen LogP contribution in [0.4, 0.5) is 15.9 Å². The van der Waals surface area contributed by atoms with Gasteiger partial charge in [0, 0.05) is 10.6 Å². The van der Waals surface area contributed by atoms with Crippen molar-refractivity contribution in [2.24, 2.45) is 0 Å². The number of carbonyl (C=O) groups is 1. The Morgan fingerprint density at radius 1 is 1.57 bits per heavy atom. The van der Waals surface area contributed by atoms with Gasteiger partial charge in [0.1, 0.15) is 5.69 Å². The molecule has 0 aromatic heterocycles. The fourth-order valence-corrected chi connectivity index (χ4v) is 0.873. The van der Waals surface area contributed by atoms with Crippen molar-refractivity contribution < 1.29 is 19.2 Å². The first-order chi connectivity index (χ1) is 6.56. The quantitative estimate of drug-likeness (QED) is 0.439. The van der Waals surface area contributed by atoms with Crippen LogP contribution in [0.2, 0.25) is 0 Å². The molecule has 0 aliphatic heterocycles. The van der Waals surface area contributed by atoms with Gasteiger partial charge >= 0.3 is 5.97 Å². The summed E-state index contributed by atoms with van der Waals surface area (Å²) in [7, 11) is 0. The molecule has 74 valence electrons. The van der Waals surface area contributed by atoms with Gasteiger partial charge in [0.15, 0.2) is 0 Å². The second-order valence-electron chi connectivity index (χ2n) is 2.40. The summed E-state index contributed by atoms with van der Waals surface area (Å²) in [5.41, 5.74) is 4.40. The maximum absolute atomic E-state index is 11.5. The molecular weight excluding hydrogens is 195 g/mol. The number of hydrogen-bond donors (Lipinski definition) is 1. The third-order valence-corrected chi connectivity index (χ3v) is 1.53. The van der Waals surface area contributed by atoms with Crippen molar-refractivity contribution in [2.45, 2.75) is 0 Å². The van der Waals surface area contributed by atoms with Gasteiger partial charge in [0.25, 0.3) is 5.69 Å².